The number of hydrogen-bond donors (Lipinski definition) is 2. The molecular formula is C16H21F2N2O3+. The van der Waals surface area contributed by atoms with Crippen LogP contribution in [0.5, 0.6) is 0 Å². The van der Waals surface area contributed by atoms with Crippen LogP contribution in [0.25, 0.3) is 0 Å². The molecular weight excluding hydrogens is 306 g/mol. The summed E-state index contributed by atoms with van der Waals surface area (Å²) in [6, 6.07) is 3.41. The zero-order chi connectivity index (χ0) is 16.8. The second-order valence-electron chi connectivity index (χ2n) is 5.62. The quantitative estimate of drug-likeness (QED) is 0.785. The maximum absolute atomic E-state index is 13.5. The van der Waals surface area contributed by atoms with Crippen LogP contribution in [0.3, 0.4) is 0 Å². The zero-order valence-electron chi connectivity index (χ0n) is 13.0. The highest BCUT2D eigenvalue weighted by molar-refractivity contribution is 5.91. The number of carbonyl (C=O) groups excluding carboxylic acids is 2. The summed E-state index contributed by atoms with van der Waals surface area (Å²) in [5.74, 6) is -2.57. The Morgan fingerprint density at radius 2 is 2.04 bits per heavy atom. The first-order valence-corrected chi connectivity index (χ1v) is 7.75. The summed E-state index contributed by atoms with van der Waals surface area (Å²) < 4.78 is 32.0. The number of hydrogen-bond acceptors (Lipinski definition) is 3. The van der Waals surface area contributed by atoms with Crippen LogP contribution in [0.4, 0.5) is 14.5 Å². The van der Waals surface area contributed by atoms with Crippen molar-refractivity contribution < 1.29 is 28.0 Å². The fourth-order valence-electron chi connectivity index (χ4n) is 2.80. The summed E-state index contributed by atoms with van der Waals surface area (Å²) in [7, 11) is 0. The molecule has 0 aliphatic carbocycles. The van der Waals surface area contributed by atoms with Gasteiger partial charge in [0.25, 0.3) is 5.91 Å². The number of benzene rings is 1. The molecule has 1 heterocycles. The summed E-state index contributed by atoms with van der Waals surface area (Å²) in [5.41, 5.74) is -0.434. The Morgan fingerprint density at radius 3 is 2.70 bits per heavy atom. The smallest absolute Gasteiger partial charge is 0.314 e. The molecule has 126 valence electrons. The molecule has 1 aliphatic heterocycles. The highest BCUT2D eigenvalue weighted by atomic mass is 19.1. The van der Waals surface area contributed by atoms with Crippen molar-refractivity contribution in [3.63, 3.8) is 0 Å². The second-order valence-corrected chi connectivity index (χ2v) is 5.62. The molecule has 1 amide bonds. The minimum Gasteiger partial charge on any atom is -0.466 e. The summed E-state index contributed by atoms with van der Waals surface area (Å²) >= 11 is 0. The van der Waals surface area contributed by atoms with Gasteiger partial charge in [0.15, 0.2) is 6.54 Å². The molecule has 1 unspecified atom stereocenters. The Bertz CT molecular complexity index is 560. The molecule has 2 atom stereocenters. The zero-order valence-corrected chi connectivity index (χ0v) is 13.0. The Kier molecular flexibility index (Phi) is 6.04. The molecule has 5 nitrogen and oxygen atoms in total. The summed E-state index contributed by atoms with van der Waals surface area (Å²) in [6.07, 6.45) is 1.55. The van der Waals surface area contributed by atoms with Crippen LogP contribution in [-0.4, -0.2) is 38.1 Å². The number of amides is 1. The third kappa shape index (κ3) is 4.72. The first-order valence-electron chi connectivity index (χ1n) is 7.75. The lowest BCUT2D eigenvalue weighted by molar-refractivity contribution is -0.899. The highest BCUT2D eigenvalue weighted by Crippen LogP contribution is 2.17. The average Bonchev–Trinajstić information content (AvgIpc) is 2.51. The number of anilines is 1. The molecule has 0 saturated carbocycles. The number of rotatable bonds is 5. The third-order valence-electron chi connectivity index (χ3n) is 3.88. The van der Waals surface area contributed by atoms with Crippen LogP contribution >= 0.6 is 0 Å². The normalized spacial score (nSPS) is 20.8. The monoisotopic (exact) mass is 327 g/mol. The number of quaternary nitrogens is 1. The topological polar surface area (TPSA) is 59.8 Å². The van der Waals surface area contributed by atoms with Crippen molar-refractivity contribution in [2.75, 3.05) is 31.6 Å². The summed E-state index contributed by atoms with van der Waals surface area (Å²) in [6.45, 7) is 3.37. The molecule has 0 aromatic heterocycles. The lowest BCUT2D eigenvalue weighted by Crippen LogP contribution is -3.14. The Labute approximate surface area is 133 Å². The molecule has 1 aromatic rings. The largest absolute Gasteiger partial charge is 0.466 e. The van der Waals surface area contributed by atoms with E-state index < -0.39 is 23.2 Å². The Balaban J connectivity index is 1.91. The van der Waals surface area contributed by atoms with Crippen LogP contribution in [0, 0.1) is 17.6 Å². The van der Waals surface area contributed by atoms with Crippen LogP contribution < -0.4 is 10.2 Å². The van der Waals surface area contributed by atoms with E-state index in [2.05, 4.69) is 5.32 Å². The van der Waals surface area contributed by atoms with Gasteiger partial charge in [-0.05, 0) is 31.9 Å². The molecule has 0 radical (unpaired) electrons. The number of para-hydroxylation sites is 1. The van der Waals surface area contributed by atoms with Gasteiger partial charge in [0.1, 0.15) is 23.2 Å². The fraction of sp³-hybridized carbons (Fsp3) is 0.500. The van der Waals surface area contributed by atoms with Crippen molar-refractivity contribution in [2.45, 2.75) is 19.8 Å². The van der Waals surface area contributed by atoms with Gasteiger partial charge < -0.3 is 15.0 Å². The standard InChI is InChI=1S/C16H20F2N2O3/c1-2-23-16(22)11-5-4-8-20(9-11)10-14(21)19-15-12(17)6-3-7-13(15)18/h3,6-7,11H,2,4-5,8-10H2,1H3,(H,19,21)/p+1/t11-/m0/s1. The molecule has 1 fully saturated rings. The van der Waals surface area contributed by atoms with Crippen molar-refractivity contribution in [2.24, 2.45) is 5.92 Å². The van der Waals surface area contributed by atoms with Crippen LogP contribution in [0.1, 0.15) is 19.8 Å². The van der Waals surface area contributed by atoms with Crippen molar-refractivity contribution in [3.05, 3.63) is 29.8 Å². The SMILES string of the molecule is CCOC(=O)[C@H]1CCC[NH+](CC(=O)Nc2c(F)cccc2F)C1. The molecule has 1 aliphatic rings. The molecule has 1 saturated heterocycles. The van der Waals surface area contributed by atoms with Crippen molar-refractivity contribution in [1.82, 2.24) is 0 Å². The fourth-order valence-corrected chi connectivity index (χ4v) is 2.80. The minimum atomic E-state index is -0.809. The average molecular weight is 327 g/mol. The van der Waals surface area contributed by atoms with Crippen molar-refractivity contribution in [1.29, 1.82) is 0 Å². The van der Waals surface area contributed by atoms with Gasteiger partial charge in [-0.3, -0.25) is 9.59 Å². The van der Waals surface area contributed by atoms with Crippen LogP contribution in [0.2, 0.25) is 0 Å². The van der Waals surface area contributed by atoms with E-state index in [1.807, 2.05) is 0 Å². The number of carbonyl (C=O) groups is 2. The lowest BCUT2D eigenvalue weighted by atomic mass is 9.98. The molecule has 0 bridgehead atoms. The highest BCUT2D eigenvalue weighted by Gasteiger charge is 2.31. The predicted molar refractivity (Wildman–Crippen MR) is 79.9 cm³/mol. The number of likely N-dealkylation sites (tertiary alicyclic amines) is 1. The van der Waals surface area contributed by atoms with Gasteiger partial charge in [-0.2, -0.15) is 0 Å². The molecule has 0 spiro atoms. The number of halogens is 2. The summed E-state index contributed by atoms with van der Waals surface area (Å²) in [4.78, 5) is 24.7. The van der Waals surface area contributed by atoms with Gasteiger partial charge in [0.05, 0.1) is 19.7 Å². The van der Waals surface area contributed by atoms with E-state index in [1.165, 1.54) is 6.07 Å². The Morgan fingerprint density at radius 1 is 1.35 bits per heavy atom. The van der Waals surface area contributed by atoms with Gasteiger partial charge >= 0.3 is 5.97 Å². The molecule has 2 rings (SSSR count). The number of ether oxygens (including phenoxy) is 1. The Hall–Kier alpha value is -2.02. The first-order chi connectivity index (χ1) is 11.0. The van der Waals surface area contributed by atoms with Crippen LogP contribution in [0.15, 0.2) is 18.2 Å². The van der Waals surface area contributed by atoms with E-state index in [-0.39, 0.29) is 18.4 Å². The van der Waals surface area contributed by atoms with E-state index in [0.717, 1.165) is 36.4 Å². The summed E-state index contributed by atoms with van der Waals surface area (Å²) in [5, 5.41) is 2.27. The lowest BCUT2D eigenvalue weighted by Gasteiger charge is -2.28. The maximum Gasteiger partial charge on any atom is 0.314 e. The molecule has 23 heavy (non-hydrogen) atoms. The van der Waals surface area contributed by atoms with E-state index in [1.54, 1.807) is 6.92 Å². The number of piperidine rings is 1. The number of esters is 1. The molecule has 1 aromatic carbocycles. The maximum atomic E-state index is 13.5. The van der Waals surface area contributed by atoms with Gasteiger partial charge in [0.2, 0.25) is 0 Å². The van der Waals surface area contributed by atoms with Crippen LogP contribution in [-0.2, 0) is 14.3 Å². The third-order valence-corrected chi connectivity index (χ3v) is 3.88. The minimum absolute atomic E-state index is 0.0592. The molecule has 2 N–H and O–H groups in total. The predicted octanol–water partition coefficient (Wildman–Crippen LogP) is 0.761. The van der Waals surface area contributed by atoms with E-state index in [0.29, 0.717) is 13.2 Å². The van der Waals surface area contributed by atoms with Gasteiger partial charge in [-0.25, -0.2) is 8.78 Å². The first kappa shape index (κ1) is 17.3. The van der Waals surface area contributed by atoms with Gasteiger partial charge in [-0.1, -0.05) is 6.07 Å². The second kappa shape index (κ2) is 8.01. The van der Waals surface area contributed by atoms with E-state index in [9.17, 15) is 18.4 Å². The van der Waals surface area contributed by atoms with Crippen molar-refractivity contribution >= 4 is 17.6 Å². The van der Waals surface area contributed by atoms with Crippen molar-refractivity contribution in [3.8, 4) is 0 Å². The van der Waals surface area contributed by atoms with E-state index >= 15 is 0 Å². The van der Waals surface area contributed by atoms with Gasteiger partial charge in [0, 0.05) is 0 Å². The molecule has 7 heteroatoms. The number of nitrogens with one attached hydrogen (secondary N) is 2. The van der Waals surface area contributed by atoms with E-state index in [4.69, 9.17) is 4.74 Å². The van der Waals surface area contributed by atoms with Gasteiger partial charge in [-0.15, -0.1) is 0 Å².